The zero-order valence-corrected chi connectivity index (χ0v) is 16.2. The van der Waals surface area contributed by atoms with Crippen LogP contribution in [0.3, 0.4) is 0 Å². The van der Waals surface area contributed by atoms with E-state index in [9.17, 15) is 30.8 Å². The Morgan fingerprint density at radius 1 is 1.14 bits per heavy atom. The van der Waals surface area contributed by atoms with Crippen molar-refractivity contribution in [3.05, 3.63) is 59.4 Å². The van der Waals surface area contributed by atoms with E-state index in [4.69, 9.17) is 4.74 Å². The lowest BCUT2D eigenvalue weighted by atomic mass is 10.1. The average Bonchev–Trinajstić information content (AvgIpc) is 2.65. The maximum Gasteiger partial charge on any atom is 0.416 e. The van der Waals surface area contributed by atoms with Gasteiger partial charge in [0.25, 0.3) is 0 Å². The Morgan fingerprint density at radius 3 is 2.31 bits per heavy atom. The summed E-state index contributed by atoms with van der Waals surface area (Å²) < 4.78 is 83.8. The molecule has 29 heavy (non-hydrogen) atoms. The number of benzene rings is 2. The fourth-order valence-electron chi connectivity index (χ4n) is 2.41. The first kappa shape index (κ1) is 22.6. The molecule has 0 aliphatic rings. The number of alkyl halides is 3. The molecule has 0 unspecified atom stereocenters. The van der Waals surface area contributed by atoms with Gasteiger partial charge in [-0.25, -0.2) is 12.8 Å². The van der Waals surface area contributed by atoms with Crippen LogP contribution in [0.25, 0.3) is 0 Å². The largest absolute Gasteiger partial charge is 0.497 e. The third-order valence-corrected chi connectivity index (χ3v) is 5.48. The number of sulfonamides is 1. The number of nitrogens with one attached hydrogen (secondary N) is 2. The van der Waals surface area contributed by atoms with Gasteiger partial charge in [-0.15, -0.1) is 0 Å². The zero-order chi connectivity index (χ0) is 21.8. The van der Waals surface area contributed by atoms with E-state index in [1.807, 2.05) is 0 Å². The second-order valence-electron chi connectivity index (χ2n) is 6.04. The molecule has 0 saturated carbocycles. The Morgan fingerprint density at radius 2 is 1.76 bits per heavy atom. The molecule has 0 heterocycles. The highest BCUT2D eigenvalue weighted by atomic mass is 32.2. The number of halogens is 4. The average molecular weight is 434 g/mol. The second-order valence-corrected chi connectivity index (χ2v) is 7.75. The molecular formula is C18H18F4N2O4S. The predicted octanol–water partition coefficient (Wildman–Crippen LogP) is 2.84. The molecule has 0 aliphatic heterocycles. The number of rotatable bonds is 7. The summed E-state index contributed by atoms with van der Waals surface area (Å²) in [5.74, 6) is -1.47. The van der Waals surface area contributed by atoms with Gasteiger partial charge in [-0.2, -0.15) is 17.9 Å². The van der Waals surface area contributed by atoms with Gasteiger partial charge < -0.3 is 10.1 Å². The summed E-state index contributed by atoms with van der Waals surface area (Å²) in [4.78, 5) is 12.0. The van der Waals surface area contributed by atoms with Crippen molar-refractivity contribution in [1.29, 1.82) is 0 Å². The SMILES string of the molecule is COc1ccc(S(=O)(=O)N[C@@H](C)C(=O)NCc2ccc(F)cc2C(F)(F)F)cc1. The lowest BCUT2D eigenvalue weighted by molar-refractivity contribution is -0.138. The smallest absolute Gasteiger partial charge is 0.416 e. The fraction of sp³-hybridized carbons (Fsp3) is 0.278. The standard InChI is InChI=1S/C18H18F4N2O4S/c1-11(24-29(26,27)15-7-5-14(28-2)6-8-15)17(25)23-10-12-3-4-13(19)9-16(12)18(20,21)22/h3-9,11,24H,10H2,1-2H3,(H,23,25)/t11-/m0/s1. The molecular weight excluding hydrogens is 416 g/mol. The molecule has 0 radical (unpaired) electrons. The molecule has 2 aromatic rings. The van der Waals surface area contributed by atoms with Crippen LogP contribution in [-0.2, 0) is 27.5 Å². The lowest BCUT2D eigenvalue weighted by Gasteiger charge is -2.17. The molecule has 158 valence electrons. The highest BCUT2D eigenvalue weighted by Gasteiger charge is 2.34. The van der Waals surface area contributed by atoms with E-state index in [-0.39, 0.29) is 10.5 Å². The van der Waals surface area contributed by atoms with Crippen LogP contribution < -0.4 is 14.8 Å². The topological polar surface area (TPSA) is 84.5 Å². The lowest BCUT2D eigenvalue weighted by Crippen LogP contribution is -2.44. The van der Waals surface area contributed by atoms with Gasteiger partial charge in [0.2, 0.25) is 15.9 Å². The van der Waals surface area contributed by atoms with Crippen LogP contribution in [0.4, 0.5) is 17.6 Å². The Kier molecular flexibility index (Phi) is 6.85. The van der Waals surface area contributed by atoms with Crippen LogP contribution in [0.5, 0.6) is 5.75 Å². The van der Waals surface area contributed by atoms with Gasteiger partial charge in [0.15, 0.2) is 0 Å². The van der Waals surface area contributed by atoms with Gasteiger partial charge in [-0.3, -0.25) is 4.79 Å². The summed E-state index contributed by atoms with van der Waals surface area (Å²) in [7, 11) is -2.63. The second kappa shape index (κ2) is 8.78. The fourth-order valence-corrected chi connectivity index (χ4v) is 3.61. The van der Waals surface area contributed by atoms with Crippen LogP contribution in [0, 0.1) is 5.82 Å². The van der Waals surface area contributed by atoms with E-state index >= 15 is 0 Å². The minimum absolute atomic E-state index is 0.115. The van der Waals surface area contributed by atoms with E-state index in [0.717, 1.165) is 12.1 Å². The molecule has 0 fully saturated rings. The van der Waals surface area contributed by atoms with Crippen molar-refractivity contribution in [2.45, 2.75) is 30.6 Å². The van der Waals surface area contributed by atoms with Gasteiger partial charge in [-0.1, -0.05) is 6.07 Å². The third kappa shape index (κ3) is 5.91. The maximum atomic E-state index is 13.1. The highest BCUT2D eigenvalue weighted by molar-refractivity contribution is 7.89. The molecule has 2 aromatic carbocycles. The van der Waals surface area contributed by atoms with Gasteiger partial charge in [0, 0.05) is 6.54 Å². The first-order valence-electron chi connectivity index (χ1n) is 8.24. The summed E-state index contributed by atoms with van der Waals surface area (Å²) in [6, 6.07) is 6.21. The Labute approximate surface area is 164 Å². The van der Waals surface area contributed by atoms with Crippen molar-refractivity contribution < 1.29 is 35.5 Å². The maximum absolute atomic E-state index is 13.1. The first-order valence-corrected chi connectivity index (χ1v) is 9.72. The molecule has 0 spiro atoms. The number of hydrogen-bond acceptors (Lipinski definition) is 4. The van der Waals surface area contributed by atoms with Crippen LogP contribution in [0.15, 0.2) is 47.4 Å². The monoisotopic (exact) mass is 434 g/mol. The van der Waals surface area contributed by atoms with Crippen molar-refractivity contribution in [3.63, 3.8) is 0 Å². The molecule has 2 rings (SSSR count). The summed E-state index contributed by atoms with van der Waals surface area (Å²) in [5.41, 5.74) is -1.57. The zero-order valence-electron chi connectivity index (χ0n) is 15.4. The number of amides is 1. The third-order valence-electron chi connectivity index (χ3n) is 3.93. The first-order chi connectivity index (χ1) is 13.4. The van der Waals surface area contributed by atoms with Crippen molar-refractivity contribution in [3.8, 4) is 5.75 Å². The van der Waals surface area contributed by atoms with Crippen molar-refractivity contribution in [2.75, 3.05) is 7.11 Å². The summed E-state index contributed by atoms with van der Waals surface area (Å²) >= 11 is 0. The number of carbonyl (C=O) groups excluding carboxylic acids is 1. The Balaban J connectivity index is 2.06. The summed E-state index contributed by atoms with van der Waals surface area (Å²) in [6.07, 6.45) is -4.80. The molecule has 0 aliphatic carbocycles. The molecule has 1 atom stereocenters. The van der Waals surface area contributed by atoms with Crippen molar-refractivity contribution >= 4 is 15.9 Å². The molecule has 11 heteroatoms. The molecule has 0 aromatic heterocycles. The quantitative estimate of drug-likeness (QED) is 0.657. The minimum Gasteiger partial charge on any atom is -0.497 e. The Hall–Kier alpha value is -2.66. The minimum atomic E-state index is -4.80. The van der Waals surface area contributed by atoms with Gasteiger partial charge in [-0.05, 0) is 48.9 Å². The number of hydrogen-bond donors (Lipinski definition) is 2. The number of methoxy groups -OCH3 is 1. The number of carbonyl (C=O) groups is 1. The van der Waals surface area contributed by atoms with Gasteiger partial charge in [0.05, 0.1) is 23.6 Å². The predicted molar refractivity (Wildman–Crippen MR) is 96.0 cm³/mol. The normalized spacial score (nSPS) is 13.0. The van der Waals surface area contributed by atoms with Gasteiger partial charge in [0.1, 0.15) is 11.6 Å². The van der Waals surface area contributed by atoms with E-state index in [1.54, 1.807) is 0 Å². The van der Waals surface area contributed by atoms with E-state index in [0.29, 0.717) is 11.8 Å². The number of ether oxygens (including phenoxy) is 1. The highest BCUT2D eigenvalue weighted by Crippen LogP contribution is 2.32. The summed E-state index contributed by atoms with van der Waals surface area (Å²) in [5, 5.41) is 2.21. The van der Waals surface area contributed by atoms with Crippen molar-refractivity contribution in [1.82, 2.24) is 10.0 Å². The van der Waals surface area contributed by atoms with E-state index < -0.39 is 46.1 Å². The van der Waals surface area contributed by atoms with Crippen LogP contribution >= 0.6 is 0 Å². The molecule has 0 bridgehead atoms. The molecule has 2 N–H and O–H groups in total. The molecule has 1 amide bonds. The van der Waals surface area contributed by atoms with Crippen LogP contribution in [-0.4, -0.2) is 27.5 Å². The van der Waals surface area contributed by atoms with Crippen molar-refractivity contribution in [2.24, 2.45) is 0 Å². The van der Waals surface area contributed by atoms with E-state index in [2.05, 4.69) is 10.0 Å². The Bertz CT molecular complexity index is 976. The van der Waals surface area contributed by atoms with Crippen LogP contribution in [0.2, 0.25) is 0 Å². The molecule has 6 nitrogen and oxygen atoms in total. The van der Waals surface area contributed by atoms with Crippen LogP contribution in [0.1, 0.15) is 18.1 Å². The molecule has 0 saturated heterocycles. The van der Waals surface area contributed by atoms with E-state index in [1.165, 1.54) is 38.3 Å². The summed E-state index contributed by atoms with van der Waals surface area (Å²) in [6.45, 7) is 0.689. The van der Waals surface area contributed by atoms with Gasteiger partial charge >= 0.3 is 6.18 Å².